The minimum absolute atomic E-state index is 0.00907. The zero-order valence-electron chi connectivity index (χ0n) is 15.7. The van der Waals surface area contributed by atoms with Crippen molar-refractivity contribution in [1.29, 1.82) is 0 Å². The fraction of sp³-hybridized carbons (Fsp3) is 0.211. The molecule has 0 amide bonds. The van der Waals surface area contributed by atoms with E-state index in [1.807, 2.05) is 32.0 Å². The Kier molecular flexibility index (Phi) is 5.17. The second-order valence-electron chi connectivity index (χ2n) is 6.16. The van der Waals surface area contributed by atoms with Crippen molar-refractivity contribution in [2.45, 2.75) is 24.3 Å². The molecule has 0 bridgehead atoms. The van der Waals surface area contributed by atoms with Crippen molar-refractivity contribution in [1.82, 2.24) is 20.2 Å². The van der Waals surface area contributed by atoms with Gasteiger partial charge in [0.15, 0.2) is 5.16 Å². The highest BCUT2D eigenvalue weighted by Gasteiger charge is 2.18. The molecule has 10 heteroatoms. The molecular weight excluding hydrogens is 394 g/mol. The molecule has 0 saturated carbocycles. The summed E-state index contributed by atoms with van der Waals surface area (Å²) in [5, 5.41) is 19.5. The number of nitrogens with zero attached hydrogens (tertiary/aromatic N) is 4. The zero-order chi connectivity index (χ0) is 20.4. The lowest BCUT2D eigenvalue weighted by molar-refractivity contribution is -0.384. The Labute approximate surface area is 169 Å². The number of nitrogens with one attached hydrogen (secondary N) is 1. The van der Waals surface area contributed by atoms with E-state index in [2.05, 4.69) is 20.2 Å². The van der Waals surface area contributed by atoms with Gasteiger partial charge in [-0.15, -0.1) is 10.2 Å². The smallest absolute Gasteiger partial charge is 0.269 e. The third-order valence-corrected chi connectivity index (χ3v) is 5.12. The van der Waals surface area contributed by atoms with Crippen molar-refractivity contribution in [3.8, 4) is 17.2 Å². The van der Waals surface area contributed by atoms with E-state index in [1.54, 1.807) is 12.1 Å². The van der Waals surface area contributed by atoms with Crippen LogP contribution >= 0.6 is 11.8 Å². The third kappa shape index (κ3) is 4.06. The predicted octanol–water partition coefficient (Wildman–Crippen LogP) is 4.77. The predicted molar refractivity (Wildman–Crippen MR) is 108 cm³/mol. The Morgan fingerprint density at radius 2 is 2.03 bits per heavy atom. The maximum Gasteiger partial charge on any atom is 0.269 e. The number of H-pyrrole nitrogens is 1. The topological polar surface area (TPSA) is 120 Å². The lowest BCUT2D eigenvalue weighted by Crippen LogP contribution is -1.90. The highest BCUT2D eigenvalue weighted by atomic mass is 32.2. The summed E-state index contributed by atoms with van der Waals surface area (Å²) in [5.41, 5.74) is 2.37. The van der Waals surface area contributed by atoms with Crippen LogP contribution in [0.4, 0.5) is 5.69 Å². The fourth-order valence-corrected chi connectivity index (χ4v) is 3.59. The Morgan fingerprint density at radius 3 is 2.76 bits per heavy atom. The van der Waals surface area contributed by atoms with Crippen molar-refractivity contribution in [2.24, 2.45) is 0 Å². The Balaban J connectivity index is 1.49. The maximum atomic E-state index is 10.8. The van der Waals surface area contributed by atoms with Crippen LogP contribution in [-0.4, -0.2) is 31.7 Å². The number of imidazole rings is 1. The number of rotatable bonds is 7. The van der Waals surface area contributed by atoms with E-state index in [-0.39, 0.29) is 10.9 Å². The van der Waals surface area contributed by atoms with Crippen LogP contribution < -0.4 is 4.74 Å². The molecule has 1 N–H and O–H groups in total. The molecule has 2 aromatic carbocycles. The second kappa shape index (κ2) is 7.92. The van der Waals surface area contributed by atoms with Crippen LogP contribution in [-0.2, 0) is 0 Å². The fourth-order valence-electron chi connectivity index (χ4n) is 2.74. The van der Waals surface area contributed by atoms with Crippen molar-refractivity contribution in [3.05, 3.63) is 58.5 Å². The molecule has 0 aliphatic carbocycles. The summed E-state index contributed by atoms with van der Waals surface area (Å²) in [6, 6.07) is 11.7. The number of hydrogen-bond acceptors (Lipinski definition) is 8. The number of benzene rings is 2. The molecule has 9 nitrogen and oxygen atoms in total. The largest absolute Gasteiger partial charge is 0.494 e. The highest BCUT2D eigenvalue weighted by Crippen LogP contribution is 2.35. The summed E-state index contributed by atoms with van der Waals surface area (Å²) < 4.78 is 11.3. The molecular formula is C19H17N5O4S. The van der Waals surface area contributed by atoms with Gasteiger partial charge in [0.25, 0.3) is 5.69 Å². The minimum Gasteiger partial charge on any atom is -0.494 e. The normalized spacial score (nSPS) is 12.2. The first-order valence-electron chi connectivity index (χ1n) is 8.91. The number of fused-ring (bicyclic) bond motifs is 1. The summed E-state index contributed by atoms with van der Waals surface area (Å²) >= 11 is 1.46. The number of nitro benzene ring substituents is 1. The second-order valence-corrected chi connectivity index (χ2v) is 7.49. The van der Waals surface area contributed by atoms with Crippen molar-refractivity contribution in [2.75, 3.05) is 6.61 Å². The molecule has 2 aromatic heterocycles. The van der Waals surface area contributed by atoms with E-state index < -0.39 is 4.92 Å². The van der Waals surface area contributed by atoms with E-state index in [1.165, 1.54) is 23.9 Å². The molecule has 0 fully saturated rings. The van der Waals surface area contributed by atoms with E-state index in [4.69, 9.17) is 9.15 Å². The molecule has 148 valence electrons. The van der Waals surface area contributed by atoms with Gasteiger partial charge in [0.1, 0.15) is 5.75 Å². The quantitative estimate of drug-likeness (QED) is 0.262. The molecule has 0 spiro atoms. The molecule has 1 unspecified atom stereocenters. The van der Waals surface area contributed by atoms with Gasteiger partial charge in [0.05, 0.1) is 27.8 Å². The summed E-state index contributed by atoms with van der Waals surface area (Å²) in [6.07, 6.45) is 0. The average Bonchev–Trinajstić information content (AvgIpc) is 3.35. The van der Waals surface area contributed by atoms with Crippen molar-refractivity contribution < 1.29 is 14.1 Å². The SMILES string of the molecule is CCOc1ccc2nc(SC(C)c3nnc(-c4ccc([N+](=O)[O-])cc4)o3)[nH]c2c1. The molecule has 4 aromatic rings. The summed E-state index contributed by atoms with van der Waals surface area (Å²) in [6.45, 7) is 4.48. The number of thioether (sulfide) groups is 1. The molecule has 1 atom stereocenters. The average molecular weight is 411 g/mol. The van der Waals surface area contributed by atoms with Crippen LogP contribution in [0.3, 0.4) is 0 Å². The monoisotopic (exact) mass is 411 g/mol. The van der Waals surface area contributed by atoms with Gasteiger partial charge >= 0.3 is 0 Å². The molecule has 0 saturated heterocycles. The standard InChI is InChI=1S/C19H17N5O4S/c1-3-27-14-8-9-15-16(10-14)21-19(20-15)29-11(2)17-22-23-18(28-17)12-4-6-13(7-5-12)24(25)26/h4-11H,3H2,1-2H3,(H,20,21). The minimum atomic E-state index is -0.452. The number of ether oxygens (including phenoxy) is 1. The molecule has 0 aliphatic heterocycles. The number of aromatic nitrogens is 4. The molecule has 0 aliphatic rings. The van der Waals surface area contributed by atoms with Crippen molar-refractivity contribution >= 4 is 28.5 Å². The van der Waals surface area contributed by atoms with Gasteiger partial charge in [0.2, 0.25) is 11.8 Å². The number of aromatic amines is 1. The Bertz CT molecular complexity index is 1160. The van der Waals surface area contributed by atoms with Gasteiger partial charge in [-0.1, -0.05) is 11.8 Å². The first-order chi connectivity index (χ1) is 14.0. The molecule has 4 rings (SSSR count). The van der Waals surface area contributed by atoms with E-state index in [0.717, 1.165) is 21.9 Å². The molecule has 29 heavy (non-hydrogen) atoms. The summed E-state index contributed by atoms with van der Waals surface area (Å²) in [4.78, 5) is 18.2. The maximum absolute atomic E-state index is 10.8. The number of non-ortho nitro benzene ring substituents is 1. The molecule has 0 radical (unpaired) electrons. The summed E-state index contributed by atoms with van der Waals surface area (Å²) in [5.74, 6) is 1.55. The first kappa shape index (κ1) is 18.9. The lowest BCUT2D eigenvalue weighted by Gasteiger charge is -2.03. The molecule has 2 heterocycles. The van der Waals surface area contributed by atoms with E-state index >= 15 is 0 Å². The van der Waals surface area contributed by atoms with Crippen LogP contribution in [0.2, 0.25) is 0 Å². The number of nitro groups is 1. The van der Waals surface area contributed by atoms with Crippen LogP contribution in [0.1, 0.15) is 25.0 Å². The van der Waals surface area contributed by atoms with Gasteiger partial charge in [-0.25, -0.2) is 4.98 Å². The van der Waals surface area contributed by atoms with Gasteiger partial charge < -0.3 is 14.1 Å². The van der Waals surface area contributed by atoms with Gasteiger partial charge in [-0.3, -0.25) is 10.1 Å². The van der Waals surface area contributed by atoms with Crippen LogP contribution in [0, 0.1) is 10.1 Å². The van der Waals surface area contributed by atoms with Crippen LogP contribution in [0.25, 0.3) is 22.5 Å². The van der Waals surface area contributed by atoms with Gasteiger partial charge in [0, 0.05) is 23.8 Å². The zero-order valence-corrected chi connectivity index (χ0v) is 16.5. The van der Waals surface area contributed by atoms with Crippen LogP contribution in [0.5, 0.6) is 5.75 Å². The third-order valence-electron chi connectivity index (χ3n) is 4.14. The van der Waals surface area contributed by atoms with E-state index in [0.29, 0.717) is 24.0 Å². The van der Waals surface area contributed by atoms with Crippen molar-refractivity contribution in [3.63, 3.8) is 0 Å². The highest BCUT2D eigenvalue weighted by molar-refractivity contribution is 7.99. The Hall–Kier alpha value is -3.40. The van der Waals surface area contributed by atoms with E-state index in [9.17, 15) is 10.1 Å². The summed E-state index contributed by atoms with van der Waals surface area (Å²) in [7, 11) is 0. The Morgan fingerprint density at radius 1 is 1.24 bits per heavy atom. The van der Waals surface area contributed by atoms with Crippen LogP contribution in [0.15, 0.2) is 52.0 Å². The lowest BCUT2D eigenvalue weighted by atomic mass is 10.2. The van der Waals surface area contributed by atoms with Gasteiger partial charge in [-0.05, 0) is 38.1 Å². The number of hydrogen-bond donors (Lipinski definition) is 1. The first-order valence-corrected chi connectivity index (χ1v) is 9.79. The van der Waals surface area contributed by atoms with Gasteiger partial charge in [-0.2, -0.15) is 0 Å².